The smallest absolute Gasteiger partial charge is 0.307 e. The van der Waals surface area contributed by atoms with Crippen molar-refractivity contribution in [2.24, 2.45) is 5.73 Å². The quantitative estimate of drug-likeness (QED) is 0.801. The molecule has 0 heterocycles. The molecule has 1 atom stereocenters. The molecule has 0 aliphatic heterocycles. The standard InChI is InChI=1S/C11H15NO4.ClH/c1-15-7-3-4-8(10(13)5-7)9(12)6-11(14)16-2;/h3-5,9,13H,6,12H2,1-2H3;1H/t9-;/m0./s1. The molecule has 96 valence electrons. The molecule has 3 N–H and O–H groups in total. The fourth-order valence-corrected chi connectivity index (χ4v) is 1.34. The van der Waals surface area contributed by atoms with Crippen molar-refractivity contribution < 1.29 is 19.4 Å². The molecule has 0 saturated carbocycles. The highest BCUT2D eigenvalue weighted by Gasteiger charge is 2.15. The zero-order valence-corrected chi connectivity index (χ0v) is 10.5. The van der Waals surface area contributed by atoms with E-state index in [1.54, 1.807) is 12.1 Å². The number of benzene rings is 1. The minimum Gasteiger partial charge on any atom is -0.507 e. The maximum Gasteiger partial charge on any atom is 0.307 e. The molecule has 0 saturated heterocycles. The van der Waals surface area contributed by atoms with Crippen LogP contribution >= 0.6 is 12.4 Å². The number of hydrogen-bond acceptors (Lipinski definition) is 5. The number of nitrogens with two attached hydrogens (primary N) is 1. The largest absolute Gasteiger partial charge is 0.507 e. The number of esters is 1. The number of carbonyl (C=O) groups excluding carboxylic acids is 1. The number of ether oxygens (including phenoxy) is 2. The van der Waals surface area contributed by atoms with Crippen LogP contribution in [-0.2, 0) is 9.53 Å². The highest BCUT2D eigenvalue weighted by atomic mass is 35.5. The van der Waals surface area contributed by atoms with E-state index in [4.69, 9.17) is 10.5 Å². The molecule has 0 radical (unpaired) electrons. The van der Waals surface area contributed by atoms with Gasteiger partial charge in [0.25, 0.3) is 0 Å². The van der Waals surface area contributed by atoms with Crippen LogP contribution < -0.4 is 10.5 Å². The van der Waals surface area contributed by atoms with Crippen LogP contribution in [0, 0.1) is 0 Å². The van der Waals surface area contributed by atoms with Crippen LogP contribution in [0.25, 0.3) is 0 Å². The van der Waals surface area contributed by atoms with Crippen LogP contribution in [0.1, 0.15) is 18.0 Å². The Morgan fingerprint density at radius 2 is 2.12 bits per heavy atom. The van der Waals surface area contributed by atoms with Crippen LogP contribution in [0.3, 0.4) is 0 Å². The van der Waals surface area contributed by atoms with Gasteiger partial charge in [-0.3, -0.25) is 4.79 Å². The molecule has 6 heteroatoms. The first-order valence-electron chi connectivity index (χ1n) is 4.77. The summed E-state index contributed by atoms with van der Waals surface area (Å²) in [5.74, 6) is 0.130. The lowest BCUT2D eigenvalue weighted by molar-refractivity contribution is -0.141. The summed E-state index contributed by atoms with van der Waals surface area (Å²) in [5, 5.41) is 9.67. The van der Waals surface area contributed by atoms with Crippen molar-refractivity contribution in [3.63, 3.8) is 0 Å². The van der Waals surface area contributed by atoms with Gasteiger partial charge in [0.15, 0.2) is 0 Å². The topological polar surface area (TPSA) is 81.8 Å². The molecular weight excluding hydrogens is 246 g/mol. The lowest BCUT2D eigenvalue weighted by Gasteiger charge is -2.13. The zero-order chi connectivity index (χ0) is 12.1. The predicted octanol–water partition coefficient (Wildman–Crippen LogP) is 1.39. The summed E-state index contributed by atoms with van der Waals surface area (Å²) in [6, 6.07) is 4.17. The van der Waals surface area contributed by atoms with Crippen LogP contribution in [0.5, 0.6) is 11.5 Å². The van der Waals surface area contributed by atoms with Gasteiger partial charge in [-0.2, -0.15) is 0 Å². The Morgan fingerprint density at radius 3 is 2.59 bits per heavy atom. The Balaban J connectivity index is 0.00000256. The average molecular weight is 262 g/mol. The van der Waals surface area contributed by atoms with E-state index in [1.165, 1.54) is 20.3 Å². The van der Waals surface area contributed by atoms with Crippen molar-refractivity contribution in [1.82, 2.24) is 0 Å². The summed E-state index contributed by atoms with van der Waals surface area (Å²) in [7, 11) is 2.80. The summed E-state index contributed by atoms with van der Waals surface area (Å²) in [6.07, 6.45) is 0.0242. The van der Waals surface area contributed by atoms with E-state index in [0.29, 0.717) is 11.3 Å². The van der Waals surface area contributed by atoms with Crippen molar-refractivity contribution >= 4 is 18.4 Å². The van der Waals surface area contributed by atoms with Gasteiger partial charge in [0.2, 0.25) is 0 Å². The number of aromatic hydroxyl groups is 1. The first kappa shape index (κ1) is 15.5. The summed E-state index contributed by atoms with van der Waals surface area (Å²) >= 11 is 0. The molecule has 1 aromatic carbocycles. The Labute approximate surface area is 106 Å². The number of hydrogen-bond donors (Lipinski definition) is 2. The molecule has 0 aliphatic carbocycles. The molecule has 0 amide bonds. The van der Waals surface area contributed by atoms with Crippen molar-refractivity contribution in [3.05, 3.63) is 23.8 Å². The minimum absolute atomic E-state index is 0. The minimum atomic E-state index is -0.585. The first-order valence-corrected chi connectivity index (χ1v) is 4.77. The molecule has 17 heavy (non-hydrogen) atoms. The maximum atomic E-state index is 11.0. The van der Waals surface area contributed by atoms with Crippen LogP contribution in [0.15, 0.2) is 18.2 Å². The highest BCUT2D eigenvalue weighted by Crippen LogP contribution is 2.28. The highest BCUT2D eigenvalue weighted by molar-refractivity contribution is 5.85. The van der Waals surface area contributed by atoms with Gasteiger partial charge < -0.3 is 20.3 Å². The SMILES string of the molecule is COC(=O)C[C@H](N)c1ccc(OC)cc1O.Cl. The zero-order valence-electron chi connectivity index (χ0n) is 9.67. The average Bonchev–Trinajstić information content (AvgIpc) is 2.28. The van der Waals surface area contributed by atoms with Crippen molar-refractivity contribution in [2.45, 2.75) is 12.5 Å². The Hall–Kier alpha value is -1.46. The lowest BCUT2D eigenvalue weighted by Crippen LogP contribution is -2.16. The van der Waals surface area contributed by atoms with E-state index >= 15 is 0 Å². The summed E-state index contributed by atoms with van der Waals surface area (Å²) < 4.78 is 9.44. The lowest BCUT2D eigenvalue weighted by atomic mass is 10.0. The maximum absolute atomic E-state index is 11.0. The van der Waals surface area contributed by atoms with Crippen LogP contribution in [0.4, 0.5) is 0 Å². The molecule has 0 fully saturated rings. The van der Waals surface area contributed by atoms with E-state index < -0.39 is 12.0 Å². The summed E-state index contributed by atoms with van der Waals surface area (Å²) in [6.45, 7) is 0. The molecule has 0 unspecified atom stereocenters. The van der Waals surface area contributed by atoms with Crippen LogP contribution in [-0.4, -0.2) is 25.3 Å². The number of phenols is 1. The number of halogens is 1. The number of phenolic OH excluding ortho intramolecular Hbond substituents is 1. The third-order valence-corrected chi connectivity index (χ3v) is 2.25. The molecule has 5 nitrogen and oxygen atoms in total. The second-order valence-corrected chi connectivity index (χ2v) is 3.31. The first-order chi connectivity index (χ1) is 7.58. The van der Waals surface area contributed by atoms with Crippen LogP contribution in [0.2, 0.25) is 0 Å². The van der Waals surface area contributed by atoms with Crippen molar-refractivity contribution in [3.8, 4) is 11.5 Å². The van der Waals surface area contributed by atoms with Gasteiger partial charge in [-0.15, -0.1) is 12.4 Å². The van der Waals surface area contributed by atoms with Gasteiger partial charge in [-0.1, -0.05) is 6.07 Å². The number of rotatable bonds is 4. The van der Waals surface area contributed by atoms with Gasteiger partial charge in [-0.05, 0) is 6.07 Å². The fourth-order valence-electron chi connectivity index (χ4n) is 1.34. The second kappa shape index (κ2) is 6.98. The number of carbonyl (C=O) groups is 1. The number of methoxy groups -OCH3 is 2. The van der Waals surface area contributed by atoms with Gasteiger partial charge in [0.1, 0.15) is 11.5 Å². The van der Waals surface area contributed by atoms with Gasteiger partial charge in [0.05, 0.1) is 20.6 Å². The van der Waals surface area contributed by atoms with Crippen molar-refractivity contribution in [2.75, 3.05) is 14.2 Å². The Bertz CT molecular complexity index is 384. The predicted molar refractivity (Wildman–Crippen MR) is 65.5 cm³/mol. The van der Waals surface area contributed by atoms with E-state index in [1.807, 2.05) is 0 Å². The van der Waals surface area contributed by atoms with Gasteiger partial charge in [-0.25, -0.2) is 0 Å². The van der Waals surface area contributed by atoms with E-state index in [0.717, 1.165) is 0 Å². The molecule has 0 bridgehead atoms. The Morgan fingerprint density at radius 1 is 1.47 bits per heavy atom. The molecule has 0 aliphatic rings. The van der Waals surface area contributed by atoms with Crippen molar-refractivity contribution in [1.29, 1.82) is 0 Å². The normalized spacial score (nSPS) is 11.2. The molecular formula is C11H16ClNO4. The van der Waals surface area contributed by atoms with Gasteiger partial charge in [0, 0.05) is 17.7 Å². The molecule has 1 rings (SSSR count). The fraction of sp³-hybridized carbons (Fsp3) is 0.364. The Kier molecular flexibility index (Phi) is 6.38. The second-order valence-electron chi connectivity index (χ2n) is 3.31. The van der Waals surface area contributed by atoms with Gasteiger partial charge >= 0.3 is 5.97 Å². The van der Waals surface area contributed by atoms with E-state index in [2.05, 4.69) is 4.74 Å². The summed E-state index contributed by atoms with van der Waals surface area (Å²) in [4.78, 5) is 11.0. The monoisotopic (exact) mass is 261 g/mol. The summed E-state index contributed by atoms with van der Waals surface area (Å²) in [5.41, 5.74) is 6.25. The van der Waals surface area contributed by atoms with E-state index in [-0.39, 0.29) is 24.6 Å². The molecule has 1 aromatic rings. The molecule has 0 spiro atoms. The molecule has 0 aromatic heterocycles. The van der Waals surface area contributed by atoms with E-state index in [9.17, 15) is 9.90 Å². The third-order valence-electron chi connectivity index (χ3n) is 2.25. The third kappa shape index (κ3) is 4.13.